The molecule has 2 aromatic carbocycles. The summed E-state index contributed by atoms with van der Waals surface area (Å²) in [4.78, 5) is 26.7. The van der Waals surface area contributed by atoms with Crippen LogP contribution in [-0.4, -0.2) is 50.7 Å². The molecular formula is C30H28FN7O. The van der Waals surface area contributed by atoms with Gasteiger partial charge in [-0.05, 0) is 42.7 Å². The Labute approximate surface area is 225 Å². The third kappa shape index (κ3) is 3.96. The molecule has 4 aromatic rings. The molecule has 1 fully saturated rings. The van der Waals surface area contributed by atoms with Crippen LogP contribution in [0.2, 0.25) is 0 Å². The monoisotopic (exact) mass is 521 g/mol. The number of carbonyl (C=O) groups is 1. The van der Waals surface area contributed by atoms with Crippen molar-refractivity contribution < 1.29 is 9.18 Å². The predicted octanol–water partition coefficient (Wildman–Crippen LogP) is 5.45. The summed E-state index contributed by atoms with van der Waals surface area (Å²) in [6.45, 7) is 0.429. The van der Waals surface area contributed by atoms with Crippen molar-refractivity contribution in [2.75, 3.05) is 17.3 Å². The minimum atomic E-state index is -0.355. The van der Waals surface area contributed by atoms with Crippen molar-refractivity contribution in [3.63, 3.8) is 0 Å². The molecule has 2 aliphatic heterocycles. The molecule has 7 rings (SSSR count). The van der Waals surface area contributed by atoms with Crippen LogP contribution in [0.3, 0.4) is 0 Å². The van der Waals surface area contributed by atoms with Gasteiger partial charge in [-0.15, -0.1) is 0 Å². The van der Waals surface area contributed by atoms with E-state index in [1.807, 2.05) is 59.3 Å². The van der Waals surface area contributed by atoms with Crippen molar-refractivity contribution in [3.8, 4) is 11.3 Å². The van der Waals surface area contributed by atoms with E-state index < -0.39 is 0 Å². The smallest absolute Gasteiger partial charge is 0.267 e. The van der Waals surface area contributed by atoms with Gasteiger partial charge in [-0.2, -0.15) is 5.10 Å². The molecule has 1 saturated carbocycles. The Morgan fingerprint density at radius 3 is 2.59 bits per heavy atom. The highest BCUT2D eigenvalue weighted by molar-refractivity contribution is 6.21. The number of para-hydroxylation sites is 1. The van der Waals surface area contributed by atoms with Gasteiger partial charge in [0.25, 0.3) is 5.91 Å². The minimum absolute atomic E-state index is 0.121. The van der Waals surface area contributed by atoms with Crippen molar-refractivity contribution in [1.29, 1.82) is 0 Å². The van der Waals surface area contributed by atoms with Gasteiger partial charge in [0.2, 0.25) is 5.96 Å². The highest BCUT2D eigenvalue weighted by Gasteiger charge is 2.48. The van der Waals surface area contributed by atoms with Crippen LogP contribution in [0.15, 0.2) is 77.9 Å². The van der Waals surface area contributed by atoms with Gasteiger partial charge >= 0.3 is 0 Å². The van der Waals surface area contributed by atoms with Crippen LogP contribution < -0.4 is 10.2 Å². The van der Waals surface area contributed by atoms with E-state index in [-0.39, 0.29) is 23.8 Å². The molecule has 8 nitrogen and oxygen atoms in total. The largest absolute Gasteiger partial charge is 0.340 e. The van der Waals surface area contributed by atoms with Gasteiger partial charge in [-0.3, -0.25) is 19.6 Å². The van der Waals surface area contributed by atoms with Crippen LogP contribution in [-0.2, 0) is 6.54 Å². The van der Waals surface area contributed by atoms with Crippen molar-refractivity contribution in [1.82, 2.24) is 19.7 Å². The first-order valence-electron chi connectivity index (χ1n) is 13.4. The number of nitrogens with zero attached hydrogens (tertiary/aromatic N) is 6. The lowest BCUT2D eigenvalue weighted by Gasteiger charge is -2.36. The van der Waals surface area contributed by atoms with E-state index in [9.17, 15) is 9.18 Å². The number of amides is 1. The molecule has 0 bridgehead atoms. The van der Waals surface area contributed by atoms with Crippen LogP contribution in [0.5, 0.6) is 0 Å². The van der Waals surface area contributed by atoms with Crippen LogP contribution >= 0.6 is 0 Å². The average molecular weight is 522 g/mol. The van der Waals surface area contributed by atoms with Gasteiger partial charge in [0, 0.05) is 24.5 Å². The summed E-state index contributed by atoms with van der Waals surface area (Å²) < 4.78 is 16.1. The first-order valence-corrected chi connectivity index (χ1v) is 13.4. The fourth-order valence-electron chi connectivity index (χ4n) is 5.91. The summed E-state index contributed by atoms with van der Waals surface area (Å²) in [5, 5.41) is 8.51. The maximum absolute atomic E-state index is 14.3. The third-order valence-corrected chi connectivity index (χ3v) is 7.86. The lowest BCUT2D eigenvalue weighted by molar-refractivity contribution is 0.0866. The maximum Gasteiger partial charge on any atom is 0.267 e. The number of nitrogens with one attached hydrogen (secondary N) is 1. The van der Waals surface area contributed by atoms with Crippen molar-refractivity contribution >= 4 is 29.2 Å². The molecule has 9 heteroatoms. The number of guanidine groups is 1. The Kier molecular flexibility index (Phi) is 5.65. The van der Waals surface area contributed by atoms with Gasteiger partial charge in [0.15, 0.2) is 5.82 Å². The first-order chi connectivity index (χ1) is 19.1. The molecule has 2 aromatic heterocycles. The fourth-order valence-corrected chi connectivity index (χ4v) is 5.91. The highest BCUT2D eigenvalue weighted by Crippen LogP contribution is 2.42. The summed E-state index contributed by atoms with van der Waals surface area (Å²) in [7, 11) is 1.80. The minimum Gasteiger partial charge on any atom is -0.340 e. The number of pyridine rings is 1. The van der Waals surface area contributed by atoms with E-state index in [2.05, 4.69) is 15.2 Å². The van der Waals surface area contributed by atoms with Gasteiger partial charge in [0.05, 0.1) is 18.6 Å². The van der Waals surface area contributed by atoms with Gasteiger partial charge in [0.1, 0.15) is 22.9 Å². The molecular weight excluding hydrogens is 493 g/mol. The Hall–Kier alpha value is -4.53. The van der Waals surface area contributed by atoms with Crippen molar-refractivity contribution in [3.05, 3.63) is 89.9 Å². The maximum atomic E-state index is 14.3. The van der Waals surface area contributed by atoms with Gasteiger partial charge in [-0.1, -0.05) is 55.3 Å². The standard InChI is InChI=1S/C30H28FN7O/c1-36-29(39)25-27(33-21-8-3-2-4-9-21)37(35-28(25)38-24-12-6-5-11-23(24)34-30(36)38)18-19-13-15-20(16-14-19)26-22(31)10-7-17-32-26/h2-4,7-10,13-17,23-24,33H,5-6,11-12,18H2,1H3/t23-,24+/m1/s1. The van der Waals surface area contributed by atoms with Gasteiger partial charge < -0.3 is 5.32 Å². The lowest BCUT2D eigenvalue weighted by Crippen LogP contribution is -2.52. The molecule has 0 unspecified atom stereocenters. The number of rotatable bonds is 5. The van der Waals surface area contributed by atoms with E-state index in [1.54, 1.807) is 24.2 Å². The number of anilines is 3. The summed E-state index contributed by atoms with van der Waals surface area (Å²) in [5.74, 6) is 1.53. The second kappa shape index (κ2) is 9.34. The number of hydrogen-bond donors (Lipinski definition) is 1. The highest BCUT2D eigenvalue weighted by atomic mass is 19.1. The first kappa shape index (κ1) is 23.6. The average Bonchev–Trinajstić information content (AvgIpc) is 3.52. The number of aromatic nitrogens is 3. The predicted molar refractivity (Wildman–Crippen MR) is 149 cm³/mol. The van der Waals surface area contributed by atoms with E-state index in [4.69, 9.17) is 10.1 Å². The number of aliphatic imine (C=N–C) groups is 1. The molecule has 4 heterocycles. The van der Waals surface area contributed by atoms with Crippen molar-refractivity contribution in [2.24, 2.45) is 4.99 Å². The van der Waals surface area contributed by atoms with Crippen LogP contribution in [0.25, 0.3) is 11.3 Å². The molecule has 0 radical (unpaired) electrons. The van der Waals surface area contributed by atoms with Crippen LogP contribution in [0.4, 0.5) is 21.7 Å². The fraction of sp³-hybridized carbons (Fsp3) is 0.267. The second-order valence-corrected chi connectivity index (χ2v) is 10.3. The number of halogens is 1. The van der Waals surface area contributed by atoms with E-state index >= 15 is 0 Å². The van der Waals surface area contributed by atoms with E-state index in [0.29, 0.717) is 41.0 Å². The molecule has 0 saturated heterocycles. The molecule has 39 heavy (non-hydrogen) atoms. The summed E-state index contributed by atoms with van der Waals surface area (Å²) in [5.41, 5.74) is 3.42. The molecule has 1 N–H and O–H groups in total. The Morgan fingerprint density at radius 1 is 1.00 bits per heavy atom. The normalized spacial score (nSPS) is 19.8. The molecule has 1 amide bonds. The van der Waals surface area contributed by atoms with Gasteiger partial charge in [-0.25, -0.2) is 14.1 Å². The molecule has 196 valence electrons. The quantitative estimate of drug-likeness (QED) is 0.378. The number of benzene rings is 2. The molecule has 3 aliphatic rings. The van der Waals surface area contributed by atoms with Crippen molar-refractivity contribution in [2.45, 2.75) is 44.3 Å². The number of carbonyl (C=O) groups excluding carboxylic acids is 1. The Bertz CT molecular complexity index is 1580. The lowest BCUT2D eigenvalue weighted by atomic mass is 9.90. The third-order valence-electron chi connectivity index (χ3n) is 7.86. The van der Waals surface area contributed by atoms with E-state index in [1.165, 1.54) is 6.07 Å². The number of fused-ring (bicyclic) bond motifs is 5. The van der Waals surface area contributed by atoms with E-state index in [0.717, 1.165) is 36.9 Å². The topological polar surface area (TPSA) is 78.7 Å². The zero-order valence-electron chi connectivity index (χ0n) is 21.6. The van der Waals surface area contributed by atoms with Crippen LogP contribution in [0, 0.1) is 5.82 Å². The SMILES string of the molecule is CN1C(=O)c2c(nn(Cc3ccc(-c4ncccc4F)cc3)c2Nc2ccccc2)N2C1=N[C@@H]1CCCC[C@@H]12. The number of hydrogen-bond acceptors (Lipinski definition) is 6. The molecule has 2 atom stereocenters. The molecule has 1 aliphatic carbocycles. The zero-order valence-corrected chi connectivity index (χ0v) is 21.6. The van der Waals surface area contributed by atoms with Crippen LogP contribution in [0.1, 0.15) is 41.6 Å². The summed E-state index contributed by atoms with van der Waals surface area (Å²) in [6.07, 6.45) is 5.94. The molecule has 0 spiro atoms. The zero-order chi connectivity index (χ0) is 26.5. The summed E-state index contributed by atoms with van der Waals surface area (Å²) in [6, 6.07) is 20.8. The Morgan fingerprint density at radius 2 is 1.79 bits per heavy atom. The Balaban J connectivity index is 1.30. The summed E-state index contributed by atoms with van der Waals surface area (Å²) >= 11 is 0. The second-order valence-electron chi connectivity index (χ2n) is 10.3.